The molecule has 1 fully saturated rings. The van der Waals surface area contributed by atoms with Gasteiger partial charge in [-0.1, -0.05) is 90.4 Å². The highest BCUT2D eigenvalue weighted by molar-refractivity contribution is 7.47. The van der Waals surface area contributed by atoms with E-state index in [0.717, 1.165) is 31.0 Å². The number of aromatic nitrogens is 3. The minimum Gasteiger partial charge on any atom is -0.382 e. The molecular formula is C38H57FN5O7P. The standard InChI is InChI=1S/C38H57FN5O7P/c1-2-3-4-5-6-7-8-9-10-11-12-13-14-15-20-47-26-34(48-25-31-21-30(24-40)22-32(39)23-31)28-50-52(45,46)49-27-33-16-19-37(51-33)35-17-18-36-38(41)42-29-43-44(35)36/h17-18,21-23,29,33-34,37H,2-16,19-20,25-28H2,1H3,(H,45,46)(H2,41,42,43). The molecule has 1 aliphatic rings. The second kappa shape index (κ2) is 23.0. The molecule has 0 aliphatic carbocycles. The van der Waals surface area contributed by atoms with Crippen LogP contribution in [0.5, 0.6) is 0 Å². The maximum absolute atomic E-state index is 14.0. The van der Waals surface area contributed by atoms with Crippen LogP contribution in [0, 0.1) is 17.1 Å². The molecule has 3 heterocycles. The van der Waals surface area contributed by atoms with Gasteiger partial charge in [0.05, 0.1) is 49.9 Å². The third-order valence-electron chi connectivity index (χ3n) is 9.31. The summed E-state index contributed by atoms with van der Waals surface area (Å²) in [5, 5.41) is 13.5. The number of ether oxygens (including phenoxy) is 3. The van der Waals surface area contributed by atoms with E-state index < -0.39 is 25.8 Å². The predicted molar refractivity (Wildman–Crippen MR) is 197 cm³/mol. The van der Waals surface area contributed by atoms with Crippen molar-refractivity contribution in [1.82, 2.24) is 14.6 Å². The molecule has 1 aromatic carbocycles. The molecule has 0 amide bonds. The fourth-order valence-corrected chi connectivity index (χ4v) is 7.21. The molecule has 14 heteroatoms. The molecule has 0 radical (unpaired) electrons. The van der Waals surface area contributed by atoms with Gasteiger partial charge < -0.3 is 24.8 Å². The predicted octanol–water partition coefficient (Wildman–Crippen LogP) is 8.76. The number of phosphoric acid groups is 1. The van der Waals surface area contributed by atoms with Crippen LogP contribution in [-0.2, 0) is 34.4 Å². The molecule has 12 nitrogen and oxygen atoms in total. The van der Waals surface area contributed by atoms with Crippen molar-refractivity contribution in [3.8, 4) is 6.07 Å². The van der Waals surface area contributed by atoms with Crippen molar-refractivity contribution in [1.29, 1.82) is 5.26 Å². The maximum Gasteiger partial charge on any atom is 0.472 e. The quantitative estimate of drug-likeness (QED) is 0.0566. The van der Waals surface area contributed by atoms with Crippen LogP contribution < -0.4 is 5.73 Å². The second-order valence-corrected chi connectivity index (χ2v) is 15.1. The molecule has 4 unspecified atom stereocenters. The molecule has 0 bridgehead atoms. The molecule has 0 spiro atoms. The number of nitriles is 1. The van der Waals surface area contributed by atoms with E-state index in [1.165, 1.54) is 89.1 Å². The SMILES string of the molecule is CCCCCCCCCCCCCCCCOCC(COP(=O)(O)OCC1CCC(c2ccc3c(N)ncnn23)O1)OCc1cc(F)cc(C#N)c1. The van der Waals surface area contributed by atoms with Gasteiger partial charge in [-0.3, -0.25) is 9.05 Å². The van der Waals surface area contributed by atoms with Gasteiger partial charge in [-0.2, -0.15) is 10.4 Å². The zero-order chi connectivity index (χ0) is 37.0. The van der Waals surface area contributed by atoms with Gasteiger partial charge >= 0.3 is 7.82 Å². The van der Waals surface area contributed by atoms with E-state index in [1.54, 1.807) is 4.52 Å². The molecule has 0 saturated carbocycles. The van der Waals surface area contributed by atoms with Crippen molar-refractivity contribution in [3.63, 3.8) is 0 Å². The molecule has 3 aromatic rings. The van der Waals surface area contributed by atoms with Gasteiger partial charge in [0.25, 0.3) is 0 Å². The molecule has 4 atom stereocenters. The number of phosphoric ester groups is 1. The first-order chi connectivity index (χ1) is 25.3. The molecule has 1 aliphatic heterocycles. The van der Waals surface area contributed by atoms with Gasteiger partial charge in [0, 0.05) is 6.61 Å². The first kappa shape index (κ1) is 41.8. The third kappa shape index (κ3) is 14.8. The number of rotatable bonds is 27. The number of nitrogens with two attached hydrogens (primary N) is 1. The molecule has 52 heavy (non-hydrogen) atoms. The number of fused-ring (bicyclic) bond motifs is 1. The van der Waals surface area contributed by atoms with Crippen LogP contribution in [0.2, 0.25) is 0 Å². The Bertz CT molecular complexity index is 1570. The van der Waals surface area contributed by atoms with E-state index in [2.05, 4.69) is 17.0 Å². The lowest BCUT2D eigenvalue weighted by molar-refractivity contribution is -0.0529. The van der Waals surface area contributed by atoms with Gasteiger partial charge in [0.15, 0.2) is 5.82 Å². The number of hydrogen-bond donors (Lipinski definition) is 2. The third-order valence-corrected chi connectivity index (χ3v) is 10.3. The number of anilines is 1. The molecule has 1 saturated heterocycles. The number of benzene rings is 1. The lowest BCUT2D eigenvalue weighted by atomic mass is 10.0. The number of nitrogen functional groups attached to an aromatic ring is 1. The number of halogens is 1. The van der Waals surface area contributed by atoms with E-state index in [-0.39, 0.29) is 38.1 Å². The Hall–Kier alpha value is -2.95. The van der Waals surface area contributed by atoms with Gasteiger partial charge in [-0.15, -0.1) is 0 Å². The molecule has 288 valence electrons. The smallest absolute Gasteiger partial charge is 0.382 e. The Morgan fingerprint density at radius 2 is 1.69 bits per heavy atom. The summed E-state index contributed by atoms with van der Waals surface area (Å²) in [5.41, 5.74) is 8.06. The summed E-state index contributed by atoms with van der Waals surface area (Å²) in [6.45, 7) is 2.39. The summed E-state index contributed by atoms with van der Waals surface area (Å²) in [6, 6.07) is 9.59. The van der Waals surface area contributed by atoms with E-state index in [4.69, 9.17) is 29.0 Å². The largest absolute Gasteiger partial charge is 0.472 e. The topological polar surface area (TPSA) is 163 Å². The average Bonchev–Trinajstić information content (AvgIpc) is 3.79. The Balaban J connectivity index is 1.15. The Morgan fingerprint density at radius 1 is 1.00 bits per heavy atom. The summed E-state index contributed by atoms with van der Waals surface area (Å²) in [7, 11) is -4.48. The normalized spacial score (nSPS) is 17.7. The summed E-state index contributed by atoms with van der Waals surface area (Å²) in [5.74, 6) is -0.186. The highest BCUT2D eigenvalue weighted by atomic mass is 31.2. The van der Waals surface area contributed by atoms with Crippen molar-refractivity contribution in [2.45, 2.75) is 135 Å². The number of nitrogens with zero attached hydrogens (tertiary/aromatic N) is 4. The summed E-state index contributed by atoms with van der Waals surface area (Å²) in [4.78, 5) is 14.5. The van der Waals surface area contributed by atoms with Gasteiger partial charge in [-0.05, 0) is 55.2 Å². The number of unbranched alkanes of at least 4 members (excludes halogenated alkanes) is 13. The lowest BCUT2D eigenvalue weighted by Gasteiger charge is -2.21. The zero-order valence-corrected chi connectivity index (χ0v) is 31.5. The Morgan fingerprint density at radius 3 is 2.38 bits per heavy atom. The highest BCUT2D eigenvalue weighted by Gasteiger charge is 2.32. The number of hydrogen-bond acceptors (Lipinski definition) is 10. The maximum atomic E-state index is 14.0. The Labute approximate surface area is 307 Å². The van der Waals surface area contributed by atoms with E-state index >= 15 is 0 Å². The van der Waals surface area contributed by atoms with Gasteiger partial charge in [0.2, 0.25) is 0 Å². The minimum atomic E-state index is -4.48. The van der Waals surface area contributed by atoms with Crippen LogP contribution in [0.25, 0.3) is 5.52 Å². The van der Waals surface area contributed by atoms with Crippen LogP contribution in [0.4, 0.5) is 10.2 Å². The van der Waals surface area contributed by atoms with Crippen LogP contribution in [0.1, 0.15) is 133 Å². The van der Waals surface area contributed by atoms with Crippen molar-refractivity contribution < 1.29 is 37.1 Å². The van der Waals surface area contributed by atoms with Crippen LogP contribution in [-0.4, -0.2) is 58.1 Å². The summed E-state index contributed by atoms with van der Waals surface area (Å²) in [6.07, 6.45) is 18.9. The molecule has 3 N–H and O–H groups in total. The second-order valence-electron chi connectivity index (χ2n) is 13.6. The summed E-state index contributed by atoms with van der Waals surface area (Å²) >= 11 is 0. The van der Waals surface area contributed by atoms with E-state index in [9.17, 15) is 19.1 Å². The van der Waals surface area contributed by atoms with Crippen LogP contribution in [0.3, 0.4) is 0 Å². The molecule has 4 rings (SSSR count). The van der Waals surface area contributed by atoms with Gasteiger partial charge in [0.1, 0.15) is 29.9 Å². The van der Waals surface area contributed by atoms with E-state index in [1.807, 2.05) is 18.2 Å². The van der Waals surface area contributed by atoms with Crippen LogP contribution >= 0.6 is 7.82 Å². The Kier molecular flexibility index (Phi) is 18.5. The van der Waals surface area contributed by atoms with Crippen molar-refractivity contribution in [3.05, 3.63) is 59.3 Å². The minimum absolute atomic E-state index is 0.0401. The monoisotopic (exact) mass is 745 g/mol. The first-order valence-electron chi connectivity index (χ1n) is 19.0. The first-order valence-corrected chi connectivity index (χ1v) is 20.5. The molecule has 2 aromatic heterocycles. The van der Waals surface area contributed by atoms with E-state index in [0.29, 0.717) is 36.3 Å². The van der Waals surface area contributed by atoms with Crippen LogP contribution in [0.15, 0.2) is 36.7 Å². The average molecular weight is 746 g/mol. The molecular weight excluding hydrogens is 688 g/mol. The fraction of sp³-hybridized carbons (Fsp3) is 0.658. The van der Waals surface area contributed by atoms with Crippen molar-refractivity contribution in [2.24, 2.45) is 0 Å². The summed E-state index contributed by atoms with van der Waals surface area (Å²) < 4.78 is 57.1. The highest BCUT2D eigenvalue weighted by Crippen LogP contribution is 2.45. The fourth-order valence-electron chi connectivity index (χ4n) is 6.42. The van der Waals surface area contributed by atoms with Crippen molar-refractivity contribution in [2.75, 3.05) is 32.2 Å². The lowest BCUT2D eigenvalue weighted by Crippen LogP contribution is -2.26. The van der Waals surface area contributed by atoms with Gasteiger partial charge in [-0.25, -0.2) is 18.5 Å². The zero-order valence-electron chi connectivity index (χ0n) is 30.6. The van der Waals surface area contributed by atoms with Crippen molar-refractivity contribution >= 4 is 19.2 Å².